The number of thioether (sulfide) groups is 1. The number of hydrogen-bond acceptors (Lipinski definition) is 9. The van der Waals surface area contributed by atoms with Gasteiger partial charge in [-0.05, 0) is 69.2 Å². The fourth-order valence-electron chi connectivity index (χ4n) is 7.05. The van der Waals surface area contributed by atoms with Crippen molar-refractivity contribution in [2.45, 2.75) is 101 Å². The molecule has 4 atom stereocenters. The molecular weight excluding hydrogens is 788 g/mol. The number of aliphatic imine (C=N–C) groups is 1. The molecule has 3 aromatic rings. The summed E-state index contributed by atoms with van der Waals surface area (Å²) in [6.07, 6.45) is -2.46. The fraction of sp³-hybridized carbons (Fsp3) is 0.548. The Morgan fingerprint density at radius 2 is 1.53 bits per heavy atom. The zero-order valence-electron chi connectivity index (χ0n) is 33.5. The molecule has 2 aromatic carbocycles. The van der Waals surface area contributed by atoms with Crippen LogP contribution in [0, 0.1) is 5.92 Å². The standard InChI is InChI=1S/C42H56F3N7O4S2/c1-29(2)39-48-35(27-57-39)25-51(3)40(54)50-37(18-21-52-19-16-32(17-20-52)42(43,44)45)38(53)47-33(22-30-10-6-4-7-11-30)14-15-34(23-31-12-8-5-9-13-31)49-41(55)56-26-36-24-46-28-58-36/h4-13,27-29,32-34,36-37H,14-26H2,1-3H3,(H,47,53)(H,49,55)(H,50,54). The first kappa shape index (κ1) is 44.9. The van der Waals surface area contributed by atoms with E-state index in [4.69, 9.17) is 4.74 Å². The van der Waals surface area contributed by atoms with E-state index in [9.17, 15) is 27.6 Å². The zero-order valence-corrected chi connectivity index (χ0v) is 35.1. The Bertz CT molecular complexity index is 1750. The van der Waals surface area contributed by atoms with E-state index in [1.807, 2.05) is 70.9 Å². The number of alkyl carbamates (subject to hydrolysis) is 1. The Morgan fingerprint density at radius 3 is 2.09 bits per heavy atom. The van der Waals surface area contributed by atoms with Crippen LogP contribution in [0.5, 0.6) is 0 Å². The normalized spacial score (nSPS) is 17.7. The largest absolute Gasteiger partial charge is 0.448 e. The van der Waals surface area contributed by atoms with Gasteiger partial charge >= 0.3 is 18.3 Å². The van der Waals surface area contributed by atoms with Gasteiger partial charge in [0.2, 0.25) is 5.91 Å². The number of urea groups is 1. The van der Waals surface area contributed by atoms with Gasteiger partial charge in [-0.15, -0.1) is 23.1 Å². The highest BCUT2D eigenvalue weighted by Gasteiger charge is 2.41. The summed E-state index contributed by atoms with van der Waals surface area (Å²) in [5.41, 5.74) is 4.56. The zero-order chi connectivity index (χ0) is 41.5. The summed E-state index contributed by atoms with van der Waals surface area (Å²) in [5, 5.41) is 12.2. The van der Waals surface area contributed by atoms with Gasteiger partial charge in [-0.25, -0.2) is 14.6 Å². The molecule has 4 amide bonds. The molecule has 0 saturated carbocycles. The van der Waals surface area contributed by atoms with E-state index in [1.54, 1.807) is 12.6 Å². The number of hydrogen-bond donors (Lipinski definition) is 3. The first-order valence-corrected chi connectivity index (χ1v) is 21.8. The molecule has 3 N–H and O–H groups in total. The number of rotatable bonds is 19. The number of nitrogens with zero attached hydrogens (tertiary/aromatic N) is 4. The van der Waals surface area contributed by atoms with Crippen LogP contribution in [0.25, 0.3) is 0 Å². The molecule has 0 radical (unpaired) electrons. The maximum Gasteiger partial charge on any atom is 0.407 e. The van der Waals surface area contributed by atoms with Gasteiger partial charge in [-0.3, -0.25) is 9.79 Å². The van der Waals surface area contributed by atoms with Crippen LogP contribution >= 0.6 is 23.1 Å². The van der Waals surface area contributed by atoms with E-state index in [0.717, 1.165) is 21.8 Å². The summed E-state index contributed by atoms with van der Waals surface area (Å²) in [7, 11) is 1.64. The topological polar surface area (TPSA) is 128 Å². The number of carbonyl (C=O) groups is 3. The molecule has 1 fully saturated rings. The lowest BCUT2D eigenvalue weighted by molar-refractivity contribution is -0.185. The Labute approximate surface area is 348 Å². The number of nitrogens with one attached hydrogen (secondary N) is 3. The number of thiazole rings is 1. The lowest BCUT2D eigenvalue weighted by Gasteiger charge is -2.34. The highest BCUT2D eigenvalue weighted by Crippen LogP contribution is 2.34. The van der Waals surface area contributed by atoms with Crippen LogP contribution in [0.15, 0.2) is 71.0 Å². The lowest BCUT2D eigenvalue weighted by Crippen LogP contribution is -2.54. The second-order valence-corrected chi connectivity index (χ2v) is 17.5. The van der Waals surface area contributed by atoms with Crippen LogP contribution in [-0.2, 0) is 28.9 Å². The molecule has 11 nitrogen and oxygen atoms in total. The molecule has 316 valence electrons. The third kappa shape index (κ3) is 14.9. The van der Waals surface area contributed by atoms with Crippen molar-refractivity contribution in [3.05, 3.63) is 87.9 Å². The van der Waals surface area contributed by atoms with Gasteiger partial charge < -0.3 is 30.5 Å². The Hall–Kier alpha value is -4.15. The molecule has 4 unspecified atom stereocenters. The van der Waals surface area contributed by atoms with Crippen molar-refractivity contribution >= 4 is 46.7 Å². The molecule has 0 aliphatic carbocycles. The van der Waals surface area contributed by atoms with Gasteiger partial charge in [-0.1, -0.05) is 74.5 Å². The summed E-state index contributed by atoms with van der Waals surface area (Å²) >= 11 is 3.07. The SMILES string of the molecule is CC(C)c1nc(CN(C)C(=O)NC(CCN2CCC(C(F)(F)F)CC2)C(=O)NC(CCC(Cc2ccccc2)NC(=O)OCC2CN=CS2)Cc2ccccc2)cs1. The van der Waals surface area contributed by atoms with Crippen molar-refractivity contribution in [3.63, 3.8) is 0 Å². The average molecular weight is 844 g/mol. The number of piperidine rings is 1. The fourth-order valence-corrected chi connectivity index (χ4v) is 8.54. The second-order valence-electron chi connectivity index (χ2n) is 15.5. The molecule has 1 aromatic heterocycles. The smallest absolute Gasteiger partial charge is 0.407 e. The minimum absolute atomic E-state index is 0.000300. The summed E-state index contributed by atoms with van der Waals surface area (Å²) in [5.74, 6) is -1.46. The van der Waals surface area contributed by atoms with E-state index in [1.165, 1.54) is 28.0 Å². The van der Waals surface area contributed by atoms with Crippen LogP contribution in [0.2, 0.25) is 0 Å². The predicted octanol–water partition coefficient (Wildman–Crippen LogP) is 7.43. The quantitative estimate of drug-likeness (QED) is 0.115. The van der Waals surface area contributed by atoms with Gasteiger partial charge in [-0.2, -0.15) is 13.2 Å². The molecule has 2 aliphatic rings. The van der Waals surface area contributed by atoms with Crippen molar-refractivity contribution in [2.75, 3.05) is 39.8 Å². The Morgan fingerprint density at radius 1 is 0.914 bits per heavy atom. The monoisotopic (exact) mass is 843 g/mol. The van der Waals surface area contributed by atoms with Crippen LogP contribution in [0.3, 0.4) is 0 Å². The number of halogens is 3. The number of ether oxygens (including phenoxy) is 1. The minimum atomic E-state index is -4.23. The highest BCUT2D eigenvalue weighted by molar-refractivity contribution is 8.12. The van der Waals surface area contributed by atoms with E-state index >= 15 is 0 Å². The molecular formula is C42H56F3N7O4S2. The molecule has 0 bridgehead atoms. The number of likely N-dealkylation sites (tertiary alicyclic amines) is 1. The van der Waals surface area contributed by atoms with Crippen molar-refractivity contribution in [1.82, 2.24) is 30.7 Å². The van der Waals surface area contributed by atoms with E-state index in [-0.39, 0.29) is 74.7 Å². The van der Waals surface area contributed by atoms with Gasteiger partial charge in [0.15, 0.2) is 0 Å². The van der Waals surface area contributed by atoms with E-state index < -0.39 is 30.3 Å². The van der Waals surface area contributed by atoms with Crippen molar-refractivity contribution in [3.8, 4) is 0 Å². The molecule has 58 heavy (non-hydrogen) atoms. The molecule has 1 saturated heterocycles. The maximum atomic E-state index is 14.3. The van der Waals surface area contributed by atoms with Crippen molar-refractivity contribution in [1.29, 1.82) is 0 Å². The van der Waals surface area contributed by atoms with Gasteiger partial charge in [0, 0.05) is 37.0 Å². The Balaban J connectivity index is 1.28. The molecule has 16 heteroatoms. The summed E-state index contributed by atoms with van der Waals surface area (Å²) in [6.45, 7) is 6.07. The number of benzene rings is 2. The first-order valence-electron chi connectivity index (χ1n) is 20.0. The van der Waals surface area contributed by atoms with Crippen molar-refractivity contribution in [2.24, 2.45) is 10.9 Å². The first-order chi connectivity index (χ1) is 27.8. The molecule has 2 aliphatic heterocycles. The van der Waals surface area contributed by atoms with E-state index in [0.29, 0.717) is 38.8 Å². The molecule has 3 heterocycles. The molecule has 0 spiro atoms. The maximum absolute atomic E-state index is 14.3. The van der Waals surface area contributed by atoms with Crippen molar-refractivity contribution < 1.29 is 32.3 Å². The highest BCUT2D eigenvalue weighted by atomic mass is 32.2. The van der Waals surface area contributed by atoms with E-state index in [2.05, 4.69) is 39.8 Å². The predicted molar refractivity (Wildman–Crippen MR) is 224 cm³/mol. The molecule has 5 rings (SSSR count). The second kappa shape index (κ2) is 22.3. The van der Waals surface area contributed by atoms with Gasteiger partial charge in [0.1, 0.15) is 12.6 Å². The number of aromatic nitrogens is 1. The summed E-state index contributed by atoms with van der Waals surface area (Å²) in [4.78, 5) is 53.2. The van der Waals surface area contributed by atoms with Gasteiger partial charge in [0.25, 0.3) is 0 Å². The average Bonchev–Trinajstić information content (AvgIpc) is 3.91. The third-order valence-electron chi connectivity index (χ3n) is 10.4. The van der Waals surface area contributed by atoms with Gasteiger partial charge in [0.05, 0.1) is 40.5 Å². The number of amides is 4. The minimum Gasteiger partial charge on any atom is -0.448 e. The number of carbonyl (C=O) groups excluding carboxylic acids is 3. The van der Waals surface area contributed by atoms with Crippen LogP contribution < -0.4 is 16.0 Å². The summed E-state index contributed by atoms with van der Waals surface area (Å²) in [6, 6.07) is 17.5. The number of alkyl halides is 3. The van der Waals surface area contributed by atoms with Crippen LogP contribution in [0.4, 0.5) is 22.8 Å². The lowest BCUT2D eigenvalue weighted by atomic mass is 9.95. The Kier molecular flexibility index (Phi) is 17.3. The third-order valence-corrected chi connectivity index (χ3v) is 12.6. The van der Waals surface area contributed by atoms with Crippen LogP contribution in [0.1, 0.15) is 73.7 Å². The van der Waals surface area contributed by atoms with Crippen LogP contribution in [-0.4, -0.2) is 108 Å². The summed E-state index contributed by atoms with van der Waals surface area (Å²) < 4.78 is 45.8.